The van der Waals surface area contributed by atoms with Gasteiger partial charge < -0.3 is 4.74 Å². The zero-order chi connectivity index (χ0) is 16.0. The van der Waals surface area contributed by atoms with Crippen LogP contribution in [-0.2, 0) is 4.79 Å². The van der Waals surface area contributed by atoms with E-state index < -0.39 is 11.6 Å². The molecule has 112 valence electrons. The number of ether oxygens (including phenoxy) is 1. The van der Waals surface area contributed by atoms with E-state index in [1.165, 1.54) is 0 Å². The molecule has 0 radical (unpaired) electrons. The molecule has 0 spiro atoms. The van der Waals surface area contributed by atoms with E-state index in [9.17, 15) is 9.59 Å². The van der Waals surface area contributed by atoms with Crippen molar-refractivity contribution in [3.05, 3.63) is 29.3 Å². The van der Waals surface area contributed by atoms with Crippen LogP contribution in [0.25, 0.3) is 0 Å². The Bertz CT molecular complexity index is 552. The Morgan fingerprint density at radius 1 is 1.29 bits per heavy atom. The van der Waals surface area contributed by atoms with Crippen LogP contribution in [0.3, 0.4) is 0 Å². The Morgan fingerprint density at radius 2 is 1.86 bits per heavy atom. The summed E-state index contributed by atoms with van der Waals surface area (Å²) in [5, 5.41) is 0.535. The van der Waals surface area contributed by atoms with Gasteiger partial charge in [-0.2, -0.15) is 0 Å². The van der Waals surface area contributed by atoms with Gasteiger partial charge in [-0.3, -0.25) is 4.79 Å². The fraction of sp³-hybridized carbons (Fsp3) is 0.375. The van der Waals surface area contributed by atoms with E-state index in [2.05, 4.69) is 5.92 Å². The van der Waals surface area contributed by atoms with Crippen molar-refractivity contribution < 1.29 is 14.3 Å². The number of terminal acetylenes is 1. The minimum Gasteiger partial charge on any atom is -0.410 e. The number of hydrogen-bond acceptors (Lipinski definition) is 3. The van der Waals surface area contributed by atoms with Crippen LogP contribution in [0, 0.1) is 12.3 Å². The second-order valence-electron chi connectivity index (χ2n) is 5.43. The predicted molar refractivity (Wildman–Crippen MR) is 82.1 cm³/mol. The topological polar surface area (TPSA) is 46.6 Å². The Kier molecular flexibility index (Phi) is 5.80. The molecule has 0 fully saturated rings. The lowest BCUT2D eigenvalue weighted by Gasteiger charge is -2.32. The number of rotatable bonds is 3. The number of carbonyl (C=O) groups is 2. The van der Waals surface area contributed by atoms with Crippen LogP contribution < -0.4 is 4.74 Å². The predicted octanol–water partition coefficient (Wildman–Crippen LogP) is 3.88. The molecule has 5 heteroatoms. The number of nitrogens with zero attached hydrogens (tertiary/aromatic N) is 1. The van der Waals surface area contributed by atoms with Crippen molar-refractivity contribution in [1.29, 1.82) is 0 Å². The Hall–Kier alpha value is -1.99. The molecule has 0 atom stereocenters. The van der Waals surface area contributed by atoms with E-state index in [1.807, 2.05) is 0 Å². The quantitative estimate of drug-likeness (QED) is 0.796. The molecule has 1 aromatic rings. The first-order valence-electron chi connectivity index (χ1n) is 6.49. The largest absolute Gasteiger partial charge is 0.422 e. The summed E-state index contributed by atoms with van der Waals surface area (Å²) < 4.78 is 5.21. The first-order valence-corrected chi connectivity index (χ1v) is 6.87. The Balaban J connectivity index is 2.88. The molecule has 1 aromatic carbocycles. The fourth-order valence-electron chi connectivity index (χ4n) is 1.69. The maximum Gasteiger partial charge on any atom is 0.422 e. The molecule has 0 aliphatic rings. The summed E-state index contributed by atoms with van der Waals surface area (Å²) in [5.74, 6) is 2.35. The fourth-order valence-corrected chi connectivity index (χ4v) is 1.82. The molecule has 0 bridgehead atoms. The van der Waals surface area contributed by atoms with Gasteiger partial charge in [-0.1, -0.05) is 11.6 Å². The van der Waals surface area contributed by atoms with Crippen molar-refractivity contribution in [2.45, 2.75) is 39.2 Å². The van der Waals surface area contributed by atoms with Gasteiger partial charge in [0, 0.05) is 23.4 Å². The number of imide groups is 1. The van der Waals surface area contributed by atoms with Gasteiger partial charge in [0.2, 0.25) is 5.91 Å². The average Bonchev–Trinajstić information content (AvgIpc) is 2.37. The third-order valence-corrected chi connectivity index (χ3v) is 2.86. The van der Waals surface area contributed by atoms with Crippen LogP contribution in [0.1, 0.15) is 33.6 Å². The van der Waals surface area contributed by atoms with Gasteiger partial charge in [-0.15, -0.1) is 12.3 Å². The summed E-state index contributed by atoms with van der Waals surface area (Å²) in [7, 11) is 0. The van der Waals surface area contributed by atoms with E-state index >= 15 is 0 Å². The van der Waals surface area contributed by atoms with Gasteiger partial charge in [0.05, 0.1) is 0 Å². The van der Waals surface area contributed by atoms with Crippen LogP contribution in [0.5, 0.6) is 5.75 Å². The second-order valence-corrected chi connectivity index (χ2v) is 5.86. The minimum atomic E-state index is -0.730. The van der Waals surface area contributed by atoms with Crippen LogP contribution in [-0.4, -0.2) is 22.4 Å². The van der Waals surface area contributed by atoms with Crippen LogP contribution in [0.2, 0.25) is 5.02 Å². The SMILES string of the molecule is C#CCCC(=O)N(C(=O)Oc1ccc(Cl)cc1)C(C)(C)C. The van der Waals surface area contributed by atoms with Crippen LogP contribution in [0.4, 0.5) is 4.79 Å². The molecule has 2 amide bonds. The zero-order valence-electron chi connectivity index (χ0n) is 12.4. The maximum absolute atomic E-state index is 12.2. The highest BCUT2D eigenvalue weighted by atomic mass is 35.5. The number of amides is 2. The highest BCUT2D eigenvalue weighted by Crippen LogP contribution is 2.20. The van der Waals surface area contributed by atoms with Gasteiger partial charge >= 0.3 is 6.09 Å². The third kappa shape index (κ3) is 5.13. The molecule has 0 saturated heterocycles. The third-order valence-electron chi connectivity index (χ3n) is 2.60. The highest BCUT2D eigenvalue weighted by molar-refractivity contribution is 6.30. The highest BCUT2D eigenvalue weighted by Gasteiger charge is 2.33. The lowest BCUT2D eigenvalue weighted by atomic mass is 10.1. The van der Waals surface area contributed by atoms with E-state index in [4.69, 9.17) is 22.8 Å². The molecule has 0 aromatic heterocycles. The van der Waals surface area contributed by atoms with Gasteiger partial charge in [-0.05, 0) is 45.0 Å². The smallest absolute Gasteiger partial charge is 0.410 e. The molecule has 1 rings (SSSR count). The van der Waals surface area contributed by atoms with Gasteiger partial charge in [0.25, 0.3) is 0 Å². The molecule has 0 N–H and O–H groups in total. The van der Waals surface area contributed by atoms with E-state index in [0.717, 1.165) is 4.90 Å². The first-order chi connectivity index (χ1) is 9.75. The van der Waals surface area contributed by atoms with Crippen molar-refractivity contribution in [1.82, 2.24) is 4.90 Å². The Labute approximate surface area is 130 Å². The normalized spacial score (nSPS) is 10.6. The van der Waals surface area contributed by atoms with Crippen LogP contribution >= 0.6 is 11.6 Å². The number of benzene rings is 1. The molecule has 21 heavy (non-hydrogen) atoms. The molecule has 0 aliphatic carbocycles. The van der Waals surface area contributed by atoms with Gasteiger partial charge in [-0.25, -0.2) is 9.69 Å². The van der Waals surface area contributed by atoms with E-state index in [-0.39, 0.29) is 18.7 Å². The van der Waals surface area contributed by atoms with Crippen molar-refractivity contribution >= 4 is 23.6 Å². The van der Waals surface area contributed by atoms with Gasteiger partial charge in [0.1, 0.15) is 5.75 Å². The van der Waals surface area contributed by atoms with E-state index in [1.54, 1.807) is 45.0 Å². The molecule has 0 aliphatic heterocycles. The lowest BCUT2D eigenvalue weighted by molar-refractivity contribution is -0.132. The van der Waals surface area contributed by atoms with Crippen LogP contribution in [0.15, 0.2) is 24.3 Å². The molecule has 4 nitrogen and oxygen atoms in total. The summed E-state index contributed by atoms with van der Waals surface area (Å²) in [5.41, 5.74) is -0.699. The van der Waals surface area contributed by atoms with Gasteiger partial charge in [0.15, 0.2) is 0 Å². The molecular formula is C16H18ClNO3. The maximum atomic E-state index is 12.2. The number of carbonyl (C=O) groups excluding carboxylic acids is 2. The molecular weight excluding hydrogens is 290 g/mol. The van der Waals surface area contributed by atoms with Crippen molar-refractivity contribution in [3.63, 3.8) is 0 Å². The molecule has 0 unspecified atom stereocenters. The summed E-state index contributed by atoms with van der Waals surface area (Å²) in [6, 6.07) is 6.33. The van der Waals surface area contributed by atoms with Crippen molar-refractivity contribution in [3.8, 4) is 18.1 Å². The lowest BCUT2D eigenvalue weighted by Crippen LogP contribution is -2.50. The summed E-state index contributed by atoms with van der Waals surface area (Å²) in [6.07, 6.45) is 4.80. The summed E-state index contributed by atoms with van der Waals surface area (Å²) in [4.78, 5) is 25.5. The zero-order valence-corrected chi connectivity index (χ0v) is 13.1. The monoisotopic (exact) mass is 307 g/mol. The average molecular weight is 308 g/mol. The first kappa shape index (κ1) is 17.1. The van der Waals surface area contributed by atoms with Crippen molar-refractivity contribution in [2.75, 3.05) is 0 Å². The summed E-state index contributed by atoms with van der Waals surface area (Å²) >= 11 is 5.77. The van der Waals surface area contributed by atoms with Crippen molar-refractivity contribution in [2.24, 2.45) is 0 Å². The molecule has 0 saturated carbocycles. The minimum absolute atomic E-state index is 0.101. The van der Waals surface area contributed by atoms with E-state index in [0.29, 0.717) is 10.8 Å². The number of halogens is 1. The molecule has 0 heterocycles. The second kappa shape index (κ2) is 7.14. The number of hydrogen-bond donors (Lipinski definition) is 0. The Morgan fingerprint density at radius 3 is 2.33 bits per heavy atom. The standard InChI is InChI=1S/C16H18ClNO3/c1-5-6-7-14(19)18(16(2,3)4)15(20)21-13-10-8-12(17)9-11-13/h1,8-11H,6-7H2,2-4H3. The summed E-state index contributed by atoms with van der Waals surface area (Å²) in [6.45, 7) is 5.26.